The van der Waals surface area contributed by atoms with Crippen LogP contribution in [0.15, 0.2) is 24.5 Å². The number of hydrogen-bond acceptors (Lipinski definition) is 3. The third-order valence-corrected chi connectivity index (χ3v) is 2.84. The average Bonchev–Trinajstić information content (AvgIpc) is 2.38. The van der Waals surface area contributed by atoms with Crippen LogP contribution >= 0.6 is 0 Å². The van der Waals surface area contributed by atoms with E-state index in [2.05, 4.69) is 4.98 Å². The van der Waals surface area contributed by atoms with Crippen LogP contribution in [-0.2, 0) is 9.59 Å². The van der Waals surface area contributed by atoms with E-state index in [1.54, 1.807) is 29.4 Å². The first-order valence-corrected chi connectivity index (χ1v) is 6.00. The van der Waals surface area contributed by atoms with Crippen LogP contribution in [0.3, 0.4) is 0 Å². The maximum atomic E-state index is 12.3. The van der Waals surface area contributed by atoms with Gasteiger partial charge in [0.1, 0.15) is 0 Å². The van der Waals surface area contributed by atoms with Gasteiger partial charge in [0.15, 0.2) is 0 Å². The Morgan fingerprint density at radius 2 is 2.06 bits per heavy atom. The highest BCUT2D eigenvalue weighted by Gasteiger charge is 2.26. The van der Waals surface area contributed by atoms with Crippen molar-refractivity contribution in [3.8, 4) is 0 Å². The molecule has 1 aromatic heterocycles. The molecule has 1 N–H and O–H groups in total. The second kappa shape index (κ2) is 6.74. The summed E-state index contributed by atoms with van der Waals surface area (Å²) in [7, 11) is 0. The van der Waals surface area contributed by atoms with Crippen molar-refractivity contribution in [1.82, 2.24) is 9.88 Å². The molecule has 0 spiro atoms. The molecule has 5 heteroatoms. The molecule has 98 valence electrons. The lowest BCUT2D eigenvalue weighted by Gasteiger charge is -2.24. The summed E-state index contributed by atoms with van der Waals surface area (Å²) in [6, 6.07) is 3.45. The number of nitrogens with zero attached hydrogens (tertiary/aromatic N) is 2. The van der Waals surface area contributed by atoms with Crippen LogP contribution in [0.2, 0.25) is 0 Å². The number of carboxylic acids is 1. The van der Waals surface area contributed by atoms with Gasteiger partial charge in [-0.15, -0.1) is 0 Å². The van der Waals surface area contributed by atoms with Crippen molar-refractivity contribution in [2.24, 2.45) is 0 Å². The quantitative estimate of drug-likeness (QED) is 0.830. The Morgan fingerprint density at radius 3 is 2.50 bits per heavy atom. The van der Waals surface area contributed by atoms with Gasteiger partial charge < -0.3 is 10.0 Å². The average molecular weight is 250 g/mol. The summed E-state index contributed by atoms with van der Waals surface area (Å²) in [5.74, 6) is -1.80. The smallest absolute Gasteiger partial charge is 0.304 e. The maximum absolute atomic E-state index is 12.3. The first-order chi connectivity index (χ1) is 8.60. The van der Waals surface area contributed by atoms with Gasteiger partial charge in [0, 0.05) is 25.5 Å². The number of rotatable bonds is 6. The molecular formula is C13H18N2O3. The van der Waals surface area contributed by atoms with Crippen LogP contribution in [0.4, 0.5) is 0 Å². The molecule has 0 saturated heterocycles. The second-order valence-corrected chi connectivity index (χ2v) is 3.95. The van der Waals surface area contributed by atoms with Gasteiger partial charge in [-0.3, -0.25) is 14.6 Å². The van der Waals surface area contributed by atoms with Gasteiger partial charge in [-0.05, 0) is 25.5 Å². The molecule has 1 unspecified atom stereocenters. The zero-order valence-electron chi connectivity index (χ0n) is 10.7. The lowest BCUT2D eigenvalue weighted by Crippen LogP contribution is -2.35. The van der Waals surface area contributed by atoms with Crippen molar-refractivity contribution < 1.29 is 14.7 Å². The molecule has 1 atom stereocenters. The number of carbonyl (C=O) groups is 2. The molecule has 1 rings (SSSR count). The number of hydrogen-bond donors (Lipinski definition) is 1. The SMILES string of the molecule is CCN(CC)C(=O)C(CC(=O)O)c1cccnc1. The third kappa shape index (κ3) is 3.55. The number of aliphatic carboxylic acids is 1. The van der Waals surface area contributed by atoms with Gasteiger partial charge >= 0.3 is 5.97 Å². The summed E-state index contributed by atoms with van der Waals surface area (Å²) in [6.07, 6.45) is 2.94. The summed E-state index contributed by atoms with van der Waals surface area (Å²) in [6.45, 7) is 4.91. The highest BCUT2D eigenvalue weighted by atomic mass is 16.4. The summed E-state index contributed by atoms with van der Waals surface area (Å²) in [5, 5.41) is 8.93. The molecule has 0 aliphatic carbocycles. The van der Waals surface area contributed by atoms with E-state index in [4.69, 9.17) is 5.11 Å². The summed E-state index contributed by atoms with van der Waals surface area (Å²) in [4.78, 5) is 28.8. The van der Waals surface area contributed by atoms with E-state index >= 15 is 0 Å². The number of carboxylic acid groups (broad SMARTS) is 1. The number of aromatic nitrogens is 1. The predicted octanol–water partition coefficient (Wildman–Crippen LogP) is 1.51. The monoisotopic (exact) mass is 250 g/mol. The molecule has 5 nitrogen and oxygen atoms in total. The van der Waals surface area contributed by atoms with E-state index in [9.17, 15) is 9.59 Å². The fourth-order valence-electron chi connectivity index (χ4n) is 1.86. The van der Waals surface area contributed by atoms with Crippen LogP contribution in [0.1, 0.15) is 31.7 Å². The highest BCUT2D eigenvalue weighted by Crippen LogP contribution is 2.21. The van der Waals surface area contributed by atoms with E-state index in [1.807, 2.05) is 13.8 Å². The maximum Gasteiger partial charge on any atom is 0.304 e. The largest absolute Gasteiger partial charge is 0.481 e. The number of pyridine rings is 1. The van der Waals surface area contributed by atoms with Crippen LogP contribution < -0.4 is 0 Å². The van der Waals surface area contributed by atoms with Crippen LogP contribution in [0, 0.1) is 0 Å². The number of carbonyl (C=O) groups excluding carboxylic acids is 1. The Balaban J connectivity index is 2.98. The summed E-state index contributed by atoms with van der Waals surface area (Å²) < 4.78 is 0. The molecule has 0 aliphatic rings. The minimum Gasteiger partial charge on any atom is -0.481 e. The highest BCUT2D eigenvalue weighted by molar-refractivity contribution is 5.87. The molecule has 1 amide bonds. The van der Waals surface area contributed by atoms with E-state index in [0.717, 1.165) is 0 Å². The first-order valence-electron chi connectivity index (χ1n) is 6.00. The molecule has 1 aromatic rings. The standard InChI is InChI=1S/C13H18N2O3/c1-3-15(4-2)13(18)11(8-12(16)17)10-6-5-7-14-9-10/h5-7,9,11H,3-4,8H2,1-2H3,(H,16,17). The molecular weight excluding hydrogens is 232 g/mol. The molecule has 0 aromatic carbocycles. The summed E-state index contributed by atoms with van der Waals surface area (Å²) >= 11 is 0. The zero-order valence-corrected chi connectivity index (χ0v) is 10.7. The van der Waals surface area contributed by atoms with Crippen molar-refractivity contribution in [2.75, 3.05) is 13.1 Å². The van der Waals surface area contributed by atoms with Crippen LogP contribution in [0.5, 0.6) is 0 Å². The van der Waals surface area contributed by atoms with Crippen molar-refractivity contribution in [3.05, 3.63) is 30.1 Å². The Kier molecular flexibility index (Phi) is 5.30. The minimum atomic E-state index is -0.982. The Bertz CT molecular complexity index is 402. The fraction of sp³-hybridized carbons (Fsp3) is 0.462. The Hall–Kier alpha value is -1.91. The van der Waals surface area contributed by atoms with E-state index in [-0.39, 0.29) is 12.3 Å². The van der Waals surface area contributed by atoms with Crippen molar-refractivity contribution in [1.29, 1.82) is 0 Å². The molecule has 0 saturated carbocycles. The fourth-order valence-corrected chi connectivity index (χ4v) is 1.86. The van der Waals surface area contributed by atoms with Gasteiger partial charge in [-0.2, -0.15) is 0 Å². The van der Waals surface area contributed by atoms with Crippen molar-refractivity contribution in [3.63, 3.8) is 0 Å². The molecule has 0 radical (unpaired) electrons. The number of amides is 1. The normalized spacial score (nSPS) is 11.9. The van der Waals surface area contributed by atoms with Gasteiger partial charge in [0.05, 0.1) is 12.3 Å². The second-order valence-electron chi connectivity index (χ2n) is 3.95. The summed E-state index contributed by atoms with van der Waals surface area (Å²) in [5.41, 5.74) is 0.650. The Morgan fingerprint density at radius 1 is 1.39 bits per heavy atom. The first kappa shape index (κ1) is 14.2. The van der Waals surface area contributed by atoms with Gasteiger partial charge in [0.2, 0.25) is 5.91 Å². The van der Waals surface area contributed by atoms with Crippen LogP contribution in [0.25, 0.3) is 0 Å². The van der Waals surface area contributed by atoms with E-state index in [1.165, 1.54) is 0 Å². The van der Waals surface area contributed by atoms with Gasteiger partial charge in [0.25, 0.3) is 0 Å². The third-order valence-electron chi connectivity index (χ3n) is 2.84. The van der Waals surface area contributed by atoms with E-state index < -0.39 is 11.9 Å². The number of likely N-dealkylation sites (N-methyl/N-ethyl adjacent to an activating group) is 1. The minimum absolute atomic E-state index is 0.157. The lowest BCUT2D eigenvalue weighted by atomic mass is 9.95. The van der Waals surface area contributed by atoms with Crippen molar-refractivity contribution in [2.45, 2.75) is 26.2 Å². The Labute approximate surface area is 106 Å². The van der Waals surface area contributed by atoms with Gasteiger partial charge in [-0.1, -0.05) is 6.07 Å². The van der Waals surface area contributed by atoms with Gasteiger partial charge in [-0.25, -0.2) is 0 Å². The predicted molar refractivity (Wildman–Crippen MR) is 67.2 cm³/mol. The lowest BCUT2D eigenvalue weighted by molar-refractivity contribution is -0.142. The molecule has 0 aliphatic heterocycles. The van der Waals surface area contributed by atoms with E-state index in [0.29, 0.717) is 18.7 Å². The zero-order chi connectivity index (χ0) is 13.5. The molecule has 18 heavy (non-hydrogen) atoms. The molecule has 0 bridgehead atoms. The molecule has 0 fully saturated rings. The van der Waals surface area contributed by atoms with Crippen LogP contribution in [-0.4, -0.2) is 40.0 Å². The van der Waals surface area contributed by atoms with Crippen molar-refractivity contribution >= 4 is 11.9 Å². The molecule has 1 heterocycles. The topological polar surface area (TPSA) is 70.5 Å².